The quantitative estimate of drug-likeness (QED) is 0.206. The third-order valence-electron chi connectivity index (χ3n) is 5.13. The molecule has 0 fully saturated rings. The number of hydrogen-bond donors (Lipinski definition) is 0. The lowest BCUT2D eigenvalue weighted by atomic mass is 9.90. The molecule has 0 radical (unpaired) electrons. The number of hydrogen-bond acceptors (Lipinski definition) is 7. The maximum absolute atomic E-state index is 12.4. The van der Waals surface area contributed by atoms with E-state index in [9.17, 15) is 19.7 Å². The Kier molecular flexibility index (Phi) is 5.06. The molecule has 0 saturated heterocycles. The van der Waals surface area contributed by atoms with E-state index in [-0.39, 0.29) is 5.69 Å². The summed E-state index contributed by atoms with van der Waals surface area (Å²) in [5.41, 5.74) is 0.661. The minimum absolute atomic E-state index is 0.0219. The van der Waals surface area contributed by atoms with Gasteiger partial charge in [-0.15, -0.1) is 0 Å². The largest absolute Gasteiger partial charge is 0.484 e. The number of carbonyl (C=O) groups excluding carboxylic acids is 1. The Morgan fingerprint density at radius 2 is 1.94 bits per heavy atom. The molecule has 0 bridgehead atoms. The zero-order chi connectivity index (χ0) is 22.2. The van der Waals surface area contributed by atoms with Crippen LogP contribution < -0.4 is 10.4 Å². The lowest BCUT2D eigenvalue weighted by molar-refractivity contribution is -0.384. The molecule has 1 aliphatic heterocycles. The van der Waals surface area contributed by atoms with Crippen molar-refractivity contribution < 1.29 is 23.6 Å². The zero-order valence-electron chi connectivity index (χ0n) is 16.9. The van der Waals surface area contributed by atoms with E-state index in [0.29, 0.717) is 23.3 Å². The van der Waals surface area contributed by atoms with Crippen LogP contribution in [0.5, 0.6) is 5.75 Å². The van der Waals surface area contributed by atoms with Crippen LogP contribution in [0.25, 0.3) is 17.0 Å². The zero-order valence-corrected chi connectivity index (χ0v) is 16.9. The molecule has 1 aliphatic rings. The first-order valence-electron chi connectivity index (χ1n) is 9.60. The van der Waals surface area contributed by atoms with Crippen molar-refractivity contribution in [2.24, 2.45) is 0 Å². The molecular formula is C23H19NO7. The summed E-state index contributed by atoms with van der Waals surface area (Å²) in [6.07, 6.45) is 2.71. The van der Waals surface area contributed by atoms with Crippen molar-refractivity contribution in [1.82, 2.24) is 0 Å². The molecule has 8 nitrogen and oxygen atoms in total. The molecule has 0 spiro atoms. The molecule has 2 aromatic carbocycles. The van der Waals surface area contributed by atoms with E-state index < -0.39 is 28.2 Å². The summed E-state index contributed by atoms with van der Waals surface area (Å²) < 4.78 is 16.9. The Balaban J connectivity index is 1.50. The number of benzene rings is 2. The third-order valence-corrected chi connectivity index (χ3v) is 5.13. The Labute approximate surface area is 176 Å². The van der Waals surface area contributed by atoms with Gasteiger partial charge in [0.05, 0.1) is 4.92 Å². The van der Waals surface area contributed by atoms with Gasteiger partial charge in [-0.05, 0) is 55.3 Å². The van der Waals surface area contributed by atoms with Crippen molar-refractivity contribution >= 4 is 28.7 Å². The Hall–Kier alpha value is -3.94. The molecule has 0 unspecified atom stereocenters. The first kappa shape index (κ1) is 20.3. The van der Waals surface area contributed by atoms with Gasteiger partial charge in [-0.3, -0.25) is 10.1 Å². The van der Waals surface area contributed by atoms with Gasteiger partial charge in [-0.25, -0.2) is 9.59 Å². The van der Waals surface area contributed by atoms with Crippen molar-refractivity contribution in [3.05, 3.63) is 86.3 Å². The second-order valence-corrected chi connectivity index (χ2v) is 7.77. The highest BCUT2D eigenvalue weighted by molar-refractivity contribution is 5.87. The van der Waals surface area contributed by atoms with Crippen LogP contribution in [0.4, 0.5) is 5.69 Å². The van der Waals surface area contributed by atoms with E-state index in [2.05, 4.69) is 0 Å². The van der Waals surface area contributed by atoms with E-state index >= 15 is 0 Å². The van der Waals surface area contributed by atoms with Crippen LogP contribution in [0.1, 0.15) is 25.0 Å². The Morgan fingerprint density at radius 3 is 2.65 bits per heavy atom. The van der Waals surface area contributed by atoms with Gasteiger partial charge in [0.2, 0.25) is 0 Å². The average molecular weight is 421 g/mol. The minimum Gasteiger partial charge on any atom is -0.484 e. The smallest absolute Gasteiger partial charge is 0.336 e. The van der Waals surface area contributed by atoms with Gasteiger partial charge in [-0.2, -0.15) is 0 Å². The van der Waals surface area contributed by atoms with Crippen LogP contribution in [0.3, 0.4) is 0 Å². The van der Waals surface area contributed by atoms with Gasteiger partial charge < -0.3 is 13.9 Å². The Bertz CT molecular complexity index is 1260. The predicted molar refractivity (Wildman–Crippen MR) is 113 cm³/mol. The second-order valence-electron chi connectivity index (χ2n) is 7.77. The summed E-state index contributed by atoms with van der Waals surface area (Å²) in [4.78, 5) is 34.1. The molecule has 0 amide bonds. The average Bonchev–Trinajstić information content (AvgIpc) is 2.71. The number of nitrogens with zero attached hydrogens (tertiary/aromatic N) is 1. The van der Waals surface area contributed by atoms with Crippen LogP contribution in [0, 0.1) is 10.1 Å². The van der Waals surface area contributed by atoms with Crippen molar-refractivity contribution in [2.75, 3.05) is 0 Å². The fourth-order valence-electron chi connectivity index (χ4n) is 3.43. The molecule has 0 aliphatic carbocycles. The van der Waals surface area contributed by atoms with Crippen LogP contribution in [-0.2, 0) is 16.0 Å². The van der Waals surface area contributed by atoms with Crippen LogP contribution in [0.2, 0.25) is 0 Å². The number of fused-ring (bicyclic) bond motifs is 2. The molecule has 4 rings (SSSR count). The van der Waals surface area contributed by atoms with Crippen LogP contribution >= 0.6 is 0 Å². The van der Waals surface area contributed by atoms with Gasteiger partial charge in [0.25, 0.3) is 5.69 Å². The van der Waals surface area contributed by atoms with Crippen molar-refractivity contribution in [2.45, 2.75) is 32.0 Å². The lowest BCUT2D eigenvalue weighted by Gasteiger charge is -2.39. The highest BCUT2D eigenvalue weighted by Crippen LogP contribution is 2.37. The maximum atomic E-state index is 12.4. The molecule has 2 heterocycles. The van der Waals surface area contributed by atoms with Crippen molar-refractivity contribution in [1.29, 1.82) is 0 Å². The van der Waals surface area contributed by atoms with Crippen LogP contribution in [0.15, 0.2) is 63.8 Å². The molecule has 0 N–H and O–H groups in total. The van der Waals surface area contributed by atoms with Gasteiger partial charge >= 0.3 is 11.6 Å². The molecule has 158 valence electrons. The standard InChI is InChI=1S/C23H19NO7/c1-23(2)20(30-22(26)9-5-14-3-7-17(8-4-14)24(27)28)12-16-11-15-6-10-21(25)29-18(15)13-19(16)31-23/h3-11,13,20H,12H2,1-2H3/b9-5+/t20-/m0/s1. The molecule has 1 aromatic heterocycles. The fourth-order valence-corrected chi connectivity index (χ4v) is 3.43. The number of non-ortho nitro benzene ring substituents is 1. The molecule has 1 atom stereocenters. The number of esters is 1. The molecular weight excluding hydrogens is 402 g/mol. The molecule has 8 heteroatoms. The maximum Gasteiger partial charge on any atom is 0.336 e. The first-order valence-corrected chi connectivity index (χ1v) is 9.60. The third kappa shape index (κ3) is 4.32. The highest BCUT2D eigenvalue weighted by atomic mass is 16.6. The molecule has 31 heavy (non-hydrogen) atoms. The van der Waals surface area contributed by atoms with E-state index in [0.717, 1.165) is 10.9 Å². The number of ether oxygens (including phenoxy) is 2. The highest BCUT2D eigenvalue weighted by Gasteiger charge is 2.39. The lowest BCUT2D eigenvalue weighted by Crippen LogP contribution is -2.48. The van der Waals surface area contributed by atoms with Gasteiger partial charge in [-0.1, -0.05) is 0 Å². The molecule has 0 saturated carbocycles. The second kappa shape index (κ2) is 7.71. The summed E-state index contributed by atoms with van der Waals surface area (Å²) in [7, 11) is 0. The van der Waals surface area contributed by atoms with Crippen molar-refractivity contribution in [3.63, 3.8) is 0 Å². The van der Waals surface area contributed by atoms with Crippen LogP contribution in [-0.4, -0.2) is 22.6 Å². The molecule has 3 aromatic rings. The van der Waals surface area contributed by atoms with E-state index in [1.54, 1.807) is 24.3 Å². The summed E-state index contributed by atoms with van der Waals surface area (Å²) in [6.45, 7) is 3.64. The monoisotopic (exact) mass is 421 g/mol. The topological polar surface area (TPSA) is 109 Å². The normalized spacial score (nSPS) is 17.2. The summed E-state index contributed by atoms with van der Waals surface area (Å²) in [6, 6.07) is 12.4. The van der Waals surface area contributed by atoms with Gasteiger partial charge in [0, 0.05) is 42.1 Å². The van der Waals surface area contributed by atoms with Crippen molar-refractivity contribution in [3.8, 4) is 5.75 Å². The number of nitro groups is 1. The summed E-state index contributed by atoms with van der Waals surface area (Å²) in [5.74, 6) is 0.0378. The number of nitro benzene ring substituents is 1. The van der Waals surface area contributed by atoms with Gasteiger partial charge in [0.1, 0.15) is 23.0 Å². The first-order chi connectivity index (χ1) is 14.7. The number of rotatable bonds is 4. The predicted octanol–water partition coefficient (Wildman–Crippen LogP) is 4.04. The van der Waals surface area contributed by atoms with E-state index in [1.165, 1.54) is 30.4 Å². The van der Waals surface area contributed by atoms with E-state index in [1.807, 2.05) is 19.9 Å². The SMILES string of the molecule is CC1(C)Oc2cc3oc(=O)ccc3cc2C[C@@H]1OC(=O)/C=C/c1ccc([N+](=O)[O-])cc1. The summed E-state index contributed by atoms with van der Waals surface area (Å²) in [5, 5.41) is 11.5. The van der Waals surface area contributed by atoms with E-state index in [4.69, 9.17) is 13.9 Å². The Morgan fingerprint density at radius 1 is 1.19 bits per heavy atom. The fraction of sp³-hybridized carbons (Fsp3) is 0.217. The number of carbonyl (C=O) groups is 1. The summed E-state index contributed by atoms with van der Waals surface area (Å²) >= 11 is 0. The van der Waals surface area contributed by atoms with Gasteiger partial charge in [0.15, 0.2) is 0 Å². The minimum atomic E-state index is -0.799.